The molecule has 0 aliphatic heterocycles. The van der Waals surface area contributed by atoms with E-state index >= 15 is 0 Å². The second-order valence-electron chi connectivity index (χ2n) is 3.62. The predicted octanol–water partition coefficient (Wildman–Crippen LogP) is 2.64. The highest BCUT2D eigenvalue weighted by Gasteiger charge is 2.08. The van der Waals surface area contributed by atoms with Crippen molar-refractivity contribution in [2.24, 2.45) is 0 Å². The van der Waals surface area contributed by atoms with E-state index in [2.05, 4.69) is 0 Å². The number of anilines is 1. The summed E-state index contributed by atoms with van der Waals surface area (Å²) in [6.07, 6.45) is 0. The maximum atomic E-state index is 11.8. The Balaban J connectivity index is 2.62. The Labute approximate surface area is 94.3 Å². The molecule has 0 saturated carbocycles. The summed E-state index contributed by atoms with van der Waals surface area (Å²) in [6, 6.07) is 8.89. The third-order valence-electron chi connectivity index (χ3n) is 2.70. The van der Waals surface area contributed by atoms with E-state index in [9.17, 15) is 4.79 Å². The Morgan fingerprint density at radius 1 is 1.19 bits per heavy atom. The Kier molecular flexibility index (Phi) is 2.95. The van der Waals surface area contributed by atoms with Crippen LogP contribution in [0.15, 0.2) is 39.5 Å². The molecule has 2 rings (SSSR count). The molecule has 1 heterocycles. The first-order valence-electron chi connectivity index (χ1n) is 5.54. The third-order valence-corrected chi connectivity index (χ3v) is 2.70. The van der Waals surface area contributed by atoms with Gasteiger partial charge in [-0.2, -0.15) is 0 Å². The number of para-hydroxylation sites is 1. The van der Waals surface area contributed by atoms with Crippen molar-refractivity contribution in [1.29, 1.82) is 0 Å². The average molecular weight is 217 g/mol. The minimum Gasteiger partial charge on any atom is -0.440 e. The van der Waals surface area contributed by atoms with Gasteiger partial charge in [0.05, 0.1) is 5.39 Å². The molecule has 84 valence electrons. The van der Waals surface area contributed by atoms with Gasteiger partial charge < -0.3 is 9.32 Å². The molecule has 0 N–H and O–H groups in total. The van der Waals surface area contributed by atoms with E-state index in [0.29, 0.717) is 16.9 Å². The largest absolute Gasteiger partial charge is 0.440 e. The molecule has 16 heavy (non-hydrogen) atoms. The van der Waals surface area contributed by atoms with Gasteiger partial charge >= 0.3 is 0 Å². The van der Waals surface area contributed by atoms with E-state index < -0.39 is 0 Å². The van der Waals surface area contributed by atoms with Gasteiger partial charge in [-0.25, -0.2) is 0 Å². The van der Waals surface area contributed by atoms with Crippen LogP contribution in [0.4, 0.5) is 5.88 Å². The highest BCUT2D eigenvalue weighted by molar-refractivity contribution is 5.77. The zero-order chi connectivity index (χ0) is 11.5. The summed E-state index contributed by atoms with van der Waals surface area (Å²) >= 11 is 0. The Morgan fingerprint density at radius 3 is 2.56 bits per heavy atom. The highest BCUT2D eigenvalue weighted by atomic mass is 16.4. The fourth-order valence-corrected chi connectivity index (χ4v) is 1.78. The lowest BCUT2D eigenvalue weighted by Gasteiger charge is -2.18. The molecule has 0 amide bonds. The summed E-state index contributed by atoms with van der Waals surface area (Å²) in [5, 5.41) is 0.637. The molecule has 2 aromatic rings. The monoisotopic (exact) mass is 217 g/mol. The van der Waals surface area contributed by atoms with E-state index in [-0.39, 0.29) is 5.43 Å². The van der Waals surface area contributed by atoms with Crippen molar-refractivity contribution >= 4 is 16.9 Å². The first-order valence-corrected chi connectivity index (χ1v) is 5.54. The molecule has 3 heteroatoms. The zero-order valence-corrected chi connectivity index (χ0v) is 9.56. The van der Waals surface area contributed by atoms with Gasteiger partial charge in [-0.1, -0.05) is 12.1 Å². The quantitative estimate of drug-likeness (QED) is 0.792. The van der Waals surface area contributed by atoms with Gasteiger partial charge in [-0.05, 0) is 26.0 Å². The molecule has 0 radical (unpaired) electrons. The van der Waals surface area contributed by atoms with Crippen molar-refractivity contribution in [1.82, 2.24) is 0 Å². The maximum Gasteiger partial charge on any atom is 0.199 e. The van der Waals surface area contributed by atoms with Crippen molar-refractivity contribution in [3.63, 3.8) is 0 Å². The van der Waals surface area contributed by atoms with E-state index in [4.69, 9.17) is 4.42 Å². The molecule has 0 saturated heterocycles. The van der Waals surface area contributed by atoms with E-state index in [1.165, 1.54) is 0 Å². The van der Waals surface area contributed by atoms with Crippen LogP contribution in [-0.4, -0.2) is 13.1 Å². The standard InChI is InChI=1S/C13H15NO2/c1-3-14(4-2)13-9-11(15)10-7-5-6-8-12(10)16-13/h5-9H,3-4H2,1-2H3. The summed E-state index contributed by atoms with van der Waals surface area (Å²) in [7, 11) is 0. The van der Waals surface area contributed by atoms with Gasteiger partial charge in [-0.15, -0.1) is 0 Å². The molecule has 0 fully saturated rings. The SMILES string of the molecule is CCN(CC)c1cc(=O)c2ccccc2o1. The van der Waals surface area contributed by atoms with Crippen LogP contribution in [0.3, 0.4) is 0 Å². The van der Waals surface area contributed by atoms with E-state index in [1.54, 1.807) is 12.1 Å². The van der Waals surface area contributed by atoms with Crippen LogP contribution in [-0.2, 0) is 0 Å². The van der Waals surface area contributed by atoms with Crippen molar-refractivity contribution in [3.8, 4) is 0 Å². The molecule has 0 bridgehead atoms. The summed E-state index contributed by atoms with van der Waals surface area (Å²) in [6.45, 7) is 5.74. The minimum atomic E-state index is 0.0174. The summed E-state index contributed by atoms with van der Waals surface area (Å²) in [4.78, 5) is 13.9. The minimum absolute atomic E-state index is 0.0174. The van der Waals surface area contributed by atoms with Gasteiger partial charge in [0.15, 0.2) is 11.3 Å². The van der Waals surface area contributed by atoms with E-state index in [0.717, 1.165) is 13.1 Å². The molecular weight excluding hydrogens is 202 g/mol. The van der Waals surface area contributed by atoms with Crippen LogP contribution >= 0.6 is 0 Å². The molecule has 1 aromatic carbocycles. The van der Waals surface area contributed by atoms with Gasteiger partial charge in [0.1, 0.15) is 5.58 Å². The average Bonchev–Trinajstić information content (AvgIpc) is 2.31. The number of hydrogen-bond donors (Lipinski definition) is 0. The molecule has 0 atom stereocenters. The summed E-state index contributed by atoms with van der Waals surface area (Å²) in [5.74, 6) is 0.647. The highest BCUT2D eigenvalue weighted by Crippen LogP contribution is 2.18. The number of benzene rings is 1. The fourth-order valence-electron chi connectivity index (χ4n) is 1.78. The first-order chi connectivity index (χ1) is 7.76. The van der Waals surface area contributed by atoms with Crippen LogP contribution in [0.2, 0.25) is 0 Å². The molecular formula is C13H15NO2. The lowest BCUT2D eigenvalue weighted by Crippen LogP contribution is -2.23. The second-order valence-corrected chi connectivity index (χ2v) is 3.62. The van der Waals surface area contributed by atoms with E-state index in [1.807, 2.05) is 36.9 Å². The lowest BCUT2D eigenvalue weighted by molar-refractivity contribution is 0.578. The Morgan fingerprint density at radius 2 is 1.88 bits per heavy atom. The molecule has 3 nitrogen and oxygen atoms in total. The lowest BCUT2D eigenvalue weighted by atomic mass is 10.2. The van der Waals surface area contributed by atoms with Crippen LogP contribution in [0, 0.1) is 0 Å². The molecule has 0 aliphatic carbocycles. The van der Waals surface area contributed by atoms with Gasteiger partial charge in [-0.3, -0.25) is 4.79 Å². The predicted molar refractivity (Wildman–Crippen MR) is 66.0 cm³/mol. The Bertz CT molecular complexity index is 541. The van der Waals surface area contributed by atoms with Crippen LogP contribution in [0.5, 0.6) is 0 Å². The smallest absolute Gasteiger partial charge is 0.199 e. The van der Waals surface area contributed by atoms with Crippen molar-refractivity contribution < 1.29 is 4.42 Å². The number of rotatable bonds is 3. The molecule has 0 unspecified atom stereocenters. The number of fused-ring (bicyclic) bond motifs is 1. The van der Waals surface area contributed by atoms with Gasteiger partial charge in [0.2, 0.25) is 0 Å². The second kappa shape index (κ2) is 4.39. The van der Waals surface area contributed by atoms with Gasteiger partial charge in [0, 0.05) is 19.2 Å². The number of nitrogens with zero attached hydrogens (tertiary/aromatic N) is 1. The van der Waals surface area contributed by atoms with Crippen LogP contribution < -0.4 is 10.3 Å². The first kappa shape index (κ1) is 10.7. The van der Waals surface area contributed by atoms with Crippen molar-refractivity contribution in [2.75, 3.05) is 18.0 Å². The maximum absolute atomic E-state index is 11.8. The van der Waals surface area contributed by atoms with Gasteiger partial charge in [0.25, 0.3) is 0 Å². The fraction of sp³-hybridized carbons (Fsp3) is 0.308. The third kappa shape index (κ3) is 1.81. The van der Waals surface area contributed by atoms with Crippen molar-refractivity contribution in [2.45, 2.75) is 13.8 Å². The Hall–Kier alpha value is -1.77. The zero-order valence-electron chi connectivity index (χ0n) is 9.56. The number of hydrogen-bond acceptors (Lipinski definition) is 3. The van der Waals surface area contributed by atoms with Crippen LogP contribution in [0.25, 0.3) is 11.0 Å². The molecule has 1 aromatic heterocycles. The molecule has 0 aliphatic rings. The molecule has 0 spiro atoms. The summed E-state index contributed by atoms with van der Waals surface area (Å²) < 4.78 is 5.71. The van der Waals surface area contributed by atoms with Crippen molar-refractivity contribution in [3.05, 3.63) is 40.6 Å². The summed E-state index contributed by atoms with van der Waals surface area (Å²) in [5.41, 5.74) is 0.667. The topological polar surface area (TPSA) is 33.5 Å². The van der Waals surface area contributed by atoms with Crippen LogP contribution in [0.1, 0.15) is 13.8 Å². The normalized spacial score (nSPS) is 10.6.